The van der Waals surface area contributed by atoms with E-state index in [4.69, 9.17) is 5.11 Å². The van der Waals surface area contributed by atoms with Gasteiger partial charge in [-0.1, -0.05) is 6.92 Å². The van der Waals surface area contributed by atoms with E-state index in [1.54, 1.807) is 6.92 Å². The smallest absolute Gasteiger partial charge is 0.306 e. The summed E-state index contributed by atoms with van der Waals surface area (Å²) < 4.78 is 1.81. The number of hydrogen-bond acceptors (Lipinski definition) is 2. The summed E-state index contributed by atoms with van der Waals surface area (Å²) in [6, 6.07) is 2.05. The third kappa shape index (κ3) is 2.19. The van der Waals surface area contributed by atoms with Gasteiger partial charge in [0.2, 0.25) is 0 Å². The summed E-state index contributed by atoms with van der Waals surface area (Å²) in [7, 11) is 1.88. The molecule has 0 radical (unpaired) electrons. The molecule has 1 atom stereocenters. The second kappa shape index (κ2) is 3.68. The lowest BCUT2D eigenvalue weighted by Gasteiger charge is -2.05. The molecule has 0 amide bonds. The Bertz CT molecular complexity index is 380. The van der Waals surface area contributed by atoms with E-state index in [2.05, 4.69) is 11.2 Å². The number of carboxylic acid groups (broad SMARTS) is 1. The fourth-order valence-corrected chi connectivity index (χ4v) is 1.70. The monoisotopic (exact) mass is 208 g/mol. The molecule has 1 unspecified atom stereocenters. The highest BCUT2D eigenvalue weighted by Gasteiger charge is 2.27. The maximum atomic E-state index is 10.7. The van der Waals surface area contributed by atoms with Crippen LogP contribution in [-0.4, -0.2) is 20.9 Å². The molecule has 1 aliphatic carbocycles. The van der Waals surface area contributed by atoms with Crippen LogP contribution < -0.4 is 0 Å². The zero-order valence-corrected chi connectivity index (χ0v) is 9.10. The highest BCUT2D eigenvalue weighted by Crippen LogP contribution is 2.39. The van der Waals surface area contributed by atoms with Gasteiger partial charge in [0.15, 0.2) is 0 Å². The van der Waals surface area contributed by atoms with Crippen LogP contribution in [-0.2, 0) is 18.3 Å². The third-order valence-corrected chi connectivity index (χ3v) is 2.93. The summed E-state index contributed by atoms with van der Waals surface area (Å²) in [6.45, 7) is 1.73. The second-order valence-electron chi connectivity index (χ2n) is 4.40. The van der Waals surface area contributed by atoms with Crippen molar-refractivity contribution < 1.29 is 9.90 Å². The Morgan fingerprint density at radius 2 is 2.40 bits per heavy atom. The molecule has 4 nitrogen and oxygen atoms in total. The zero-order valence-electron chi connectivity index (χ0n) is 9.10. The largest absolute Gasteiger partial charge is 0.481 e. The summed E-state index contributed by atoms with van der Waals surface area (Å²) in [4.78, 5) is 10.7. The predicted octanol–water partition coefficient (Wildman–Crippen LogP) is 1.56. The van der Waals surface area contributed by atoms with E-state index in [9.17, 15) is 4.79 Å². The van der Waals surface area contributed by atoms with E-state index in [1.165, 1.54) is 12.8 Å². The van der Waals surface area contributed by atoms with E-state index in [-0.39, 0.29) is 5.92 Å². The molecule has 82 valence electrons. The van der Waals surface area contributed by atoms with Crippen LogP contribution in [0.2, 0.25) is 0 Å². The Labute approximate surface area is 88.9 Å². The highest BCUT2D eigenvalue weighted by atomic mass is 16.4. The van der Waals surface area contributed by atoms with Crippen molar-refractivity contribution in [3.8, 4) is 0 Å². The third-order valence-electron chi connectivity index (χ3n) is 2.93. The fourth-order valence-electron chi connectivity index (χ4n) is 1.70. The SMILES string of the molecule is CC(Cc1cc(C2CC2)nn1C)C(=O)O. The van der Waals surface area contributed by atoms with Crippen LogP contribution in [0.3, 0.4) is 0 Å². The molecule has 4 heteroatoms. The van der Waals surface area contributed by atoms with Crippen LogP contribution in [0.25, 0.3) is 0 Å². The molecular formula is C11H16N2O2. The lowest BCUT2D eigenvalue weighted by Crippen LogP contribution is -2.14. The first-order chi connectivity index (χ1) is 7.08. The molecule has 1 aliphatic rings. The van der Waals surface area contributed by atoms with Crippen LogP contribution in [0.4, 0.5) is 0 Å². The molecule has 0 saturated heterocycles. The van der Waals surface area contributed by atoms with Gasteiger partial charge in [0.1, 0.15) is 0 Å². The van der Waals surface area contributed by atoms with Gasteiger partial charge in [0.05, 0.1) is 11.6 Å². The van der Waals surface area contributed by atoms with E-state index in [0.717, 1.165) is 11.4 Å². The van der Waals surface area contributed by atoms with E-state index < -0.39 is 5.97 Å². The van der Waals surface area contributed by atoms with Crippen molar-refractivity contribution in [3.63, 3.8) is 0 Å². The Balaban J connectivity index is 2.10. The summed E-state index contributed by atoms with van der Waals surface area (Å²) in [6.07, 6.45) is 3.02. The topological polar surface area (TPSA) is 55.1 Å². The first-order valence-corrected chi connectivity index (χ1v) is 5.33. The first-order valence-electron chi connectivity index (χ1n) is 5.33. The van der Waals surface area contributed by atoms with Gasteiger partial charge in [0, 0.05) is 25.1 Å². The van der Waals surface area contributed by atoms with Crippen LogP contribution in [0, 0.1) is 5.92 Å². The van der Waals surface area contributed by atoms with Crippen molar-refractivity contribution in [1.82, 2.24) is 9.78 Å². The van der Waals surface area contributed by atoms with E-state index in [1.807, 2.05) is 11.7 Å². The zero-order chi connectivity index (χ0) is 11.0. The normalized spacial score (nSPS) is 17.7. The molecule has 0 aliphatic heterocycles. The lowest BCUT2D eigenvalue weighted by molar-refractivity contribution is -0.141. The molecule has 1 N–H and O–H groups in total. The minimum atomic E-state index is -0.746. The van der Waals surface area contributed by atoms with Gasteiger partial charge in [-0.05, 0) is 18.9 Å². The van der Waals surface area contributed by atoms with Crippen molar-refractivity contribution in [3.05, 3.63) is 17.5 Å². The minimum absolute atomic E-state index is 0.340. The van der Waals surface area contributed by atoms with Gasteiger partial charge in [-0.2, -0.15) is 5.10 Å². The van der Waals surface area contributed by atoms with Gasteiger partial charge in [-0.15, -0.1) is 0 Å². The van der Waals surface area contributed by atoms with Gasteiger partial charge in [-0.25, -0.2) is 0 Å². The fraction of sp³-hybridized carbons (Fsp3) is 0.636. The molecule has 1 aromatic rings. The Morgan fingerprint density at radius 1 is 1.73 bits per heavy atom. The lowest BCUT2D eigenvalue weighted by atomic mass is 10.1. The first kappa shape index (κ1) is 10.2. The van der Waals surface area contributed by atoms with E-state index in [0.29, 0.717) is 12.3 Å². The van der Waals surface area contributed by atoms with Gasteiger partial charge >= 0.3 is 5.97 Å². The van der Waals surface area contributed by atoms with Crippen molar-refractivity contribution in [1.29, 1.82) is 0 Å². The summed E-state index contributed by atoms with van der Waals surface area (Å²) in [5, 5.41) is 13.2. The quantitative estimate of drug-likeness (QED) is 0.817. The average Bonchev–Trinajstić information content (AvgIpc) is 2.93. The number of nitrogens with zero attached hydrogens (tertiary/aromatic N) is 2. The number of aryl methyl sites for hydroxylation is 1. The molecule has 0 spiro atoms. The van der Waals surface area contributed by atoms with Gasteiger partial charge in [0.25, 0.3) is 0 Å². The summed E-state index contributed by atoms with van der Waals surface area (Å²) >= 11 is 0. The number of carbonyl (C=O) groups is 1. The molecule has 1 fully saturated rings. The highest BCUT2D eigenvalue weighted by molar-refractivity contribution is 5.69. The molecular weight excluding hydrogens is 192 g/mol. The Morgan fingerprint density at radius 3 is 2.93 bits per heavy atom. The standard InChI is InChI=1S/C11H16N2O2/c1-7(11(14)15)5-9-6-10(8-3-4-8)12-13(9)2/h6-8H,3-5H2,1-2H3,(H,14,15). The average molecular weight is 208 g/mol. The number of carboxylic acids is 1. The molecule has 0 bridgehead atoms. The number of aliphatic carboxylic acids is 1. The van der Waals surface area contributed by atoms with Gasteiger partial charge in [-0.3, -0.25) is 9.48 Å². The Kier molecular flexibility index (Phi) is 2.50. The minimum Gasteiger partial charge on any atom is -0.481 e. The molecule has 1 aromatic heterocycles. The second-order valence-corrected chi connectivity index (χ2v) is 4.40. The van der Waals surface area contributed by atoms with Crippen molar-refractivity contribution in [2.45, 2.75) is 32.1 Å². The number of rotatable bonds is 4. The molecule has 15 heavy (non-hydrogen) atoms. The van der Waals surface area contributed by atoms with Crippen LogP contribution in [0.5, 0.6) is 0 Å². The maximum absolute atomic E-state index is 10.7. The van der Waals surface area contributed by atoms with Crippen LogP contribution >= 0.6 is 0 Å². The summed E-state index contributed by atoms with van der Waals surface area (Å²) in [5.41, 5.74) is 2.15. The van der Waals surface area contributed by atoms with Crippen molar-refractivity contribution in [2.24, 2.45) is 13.0 Å². The molecule has 0 aromatic carbocycles. The van der Waals surface area contributed by atoms with Crippen molar-refractivity contribution in [2.75, 3.05) is 0 Å². The Hall–Kier alpha value is -1.32. The van der Waals surface area contributed by atoms with Gasteiger partial charge < -0.3 is 5.11 Å². The van der Waals surface area contributed by atoms with Crippen molar-refractivity contribution >= 4 is 5.97 Å². The predicted molar refractivity (Wildman–Crippen MR) is 55.7 cm³/mol. The molecule has 1 heterocycles. The number of aromatic nitrogens is 2. The maximum Gasteiger partial charge on any atom is 0.306 e. The molecule has 1 saturated carbocycles. The molecule has 2 rings (SSSR count). The van der Waals surface area contributed by atoms with Crippen LogP contribution in [0.15, 0.2) is 6.07 Å². The summed E-state index contributed by atoms with van der Waals surface area (Å²) in [5.74, 6) is -0.457. The number of hydrogen-bond donors (Lipinski definition) is 1. The van der Waals surface area contributed by atoms with E-state index >= 15 is 0 Å². The van der Waals surface area contributed by atoms with Crippen LogP contribution in [0.1, 0.15) is 37.1 Å².